The molecule has 6 heteroatoms. The van der Waals surface area contributed by atoms with Gasteiger partial charge in [0.05, 0.1) is 12.7 Å². The third-order valence-electron chi connectivity index (χ3n) is 4.39. The van der Waals surface area contributed by atoms with E-state index in [1.54, 1.807) is 0 Å². The maximum atomic E-state index is 6.15. The minimum absolute atomic E-state index is 0.119. The number of nitrogens with zero attached hydrogens (tertiary/aromatic N) is 1. The second-order valence-electron chi connectivity index (χ2n) is 6.51. The molecule has 3 rings (SSSR count). The predicted octanol–water partition coefficient (Wildman–Crippen LogP) is 3.84. The van der Waals surface area contributed by atoms with Gasteiger partial charge in [-0.1, -0.05) is 48.0 Å². The smallest absolute Gasteiger partial charge is 0.170 e. The number of halogens is 1. The fourth-order valence-corrected chi connectivity index (χ4v) is 3.32. The molecule has 4 nitrogen and oxygen atoms in total. The summed E-state index contributed by atoms with van der Waals surface area (Å²) in [5.41, 5.74) is 3.26. The Morgan fingerprint density at radius 3 is 2.85 bits per heavy atom. The van der Waals surface area contributed by atoms with Crippen LogP contribution < -0.4 is 10.6 Å². The molecule has 0 radical (unpaired) electrons. The first-order valence-corrected chi connectivity index (χ1v) is 9.57. The highest BCUT2D eigenvalue weighted by molar-refractivity contribution is 7.80. The van der Waals surface area contributed by atoms with Gasteiger partial charge >= 0.3 is 0 Å². The molecule has 0 aliphatic carbocycles. The molecule has 1 aliphatic rings. The minimum atomic E-state index is 0.119. The van der Waals surface area contributed by atoms with Gasteiger partial charge < -0.3 is 15.4 Å². The van der Waals surface area contributed by atoms with Gasteiger partial charge in [0.2, 0.25) is 0 Å². The standard InChI is InChI=1S/C20H24ClN3OS/c1-15-7-8-17(11-19(15)21)23-20(26)22-12-18-14-24(9-10-25-18)13-16-5-3-2-4-6-16/h2-8,11,18H,9-10,12-14H2,1H3,(H2,22,23,26)/t18-/m0/s1. The highest BCUT2D eigenvalue weighted by Crippen LogP contribution is 2.19. The Bertz CT molecular complexity index is 741. The number of ether oxygens (including phenoxy) is 1. The zero-order valence-corrected chi connectivity index (χ0v) is 16.4. The topological polar surface area (TPSA) is 36.5 Å². The van der Waals surface area contributed by atoms with E-state index in [0.29, 0.717) is 11.7 Å². The van der Waals surface area contributed by atoms with E-state index in [4.69, 9.17) is 28.6 Å². The molecule has 0 saturated carbocycles. The number of anilines is 1. The summed E-state index contributed by atoms with van der Waals surface area (Å²) < 4.78 is 5.87. The van der Waals surface area contributed by atoms with E-state index in [9.17, 15) is 0 Å². The van der Waals surface area contributed by atoms with Gasteiger partial charge in [-0.2, -0.15) is 0 Å². The van der Waals surface area contributed by atoms with E-state index < -0.39 is 0 Å². The van der Waals surface area contributed by atoms with Crippen LogP contribution in [0.5, 0.6) is 0 Å². The number of nitrogens with one attached hydrogen (secondary N) is 2. The monoisotopic (exact) mass is 389 g/mol. The summed E-state index contributed by atoms with van der Waals surface area (Å²) >= 11 is 11.5. The van der Waals surface area contributed by atoms with Gasteiger partial charge in [-0.3, -0.25) is 4.90 Å². The van der Waals surface area contributed by atoms with Crippen LogP contribution in [0.15, 0.2) is 48.5 Å². The number of thiocarbonyl (C=S) groups is 1. The van der Waals surface area contributed by atoms with Crippen molar-refractivity contribution in [1.29, 1.82) is 0 Å². The van der Waals surface area contributed by atoms with Crippen molar-refractivity contribution in [2.45, 2.75) is 19.6 Å². The van der Waals surface area contributed by atoms with Crippen LogP contribution in [0.1, 0.15) is 11.1 Å². The van der Waals surface area contributed by atoms with Crippen LogP contribution in [0.2, 0.25) is 5.02 Å². The van der Waals surface area contributed by atoms with Crippen LogP contribution in [0.4, 0.5) is 5.69 Å². The van der Waals surface area contributed by atoms with Gasteiger partial charge in [-0.05, 0) is 42.4 Å². The van der Waals surface area contributed by atoms with Crippen molar-refractivity contribution in [3.63, 3.8) is 0 Å². The molecule has 1 heterocycles. The zero-order chi connectivity index (χ0) is 18.4. The highest BCUT2D eigenvalue weighted by atomic mass is 35.5. The molecule has 138 valence electrons. The third kappa shape index (κ3) is 5.68. The fraction of sp³-hybridized carbons (Fsp3) is 0.350. The molecule has 2 aromatic carbocycles. The van der Waals surface area contributed by atoms with Crippen LogP contribution in [0.25, 0.3) is 0 Å². The summed E-state index contributed by atoms with van der Waals surface area (Å²) in [5, 5.41) is 7.72. The van der Waals surface area contributed by atoms with Crippen molar-refractivity contribution in [3.05, 3.63) is 64.7 Å². The molecular weight excluding hydrogens is 366 g/mol. The third-order valence-corrected chi connectivity index (χ3v) is 5.05. The molecular formula is C20H24ClN3OS. The molecule has 0 amide bonds. The van der Waals surface area contributed by atoms with Crippen molar-refractivity contribution in [3.8, 4) is 0 Å². The van der Waals surface area contributed by atoms with E-state index in [-0.39, 0.29) is 6.10 Å². The first-order chi connectivity index (χ1) is 12.6. The first kappa shape index (κ1) is 19.1. The number of hydrogen-bond acceptors (Lipinski definition) is 3. The second-order valence-corrected chi connectivity index (χ2v) is 7.33. The average molecular weight is 390 g/mol. The van der Waals surface area contributed by atoms with E-state index in [0.717, 1.165) is 42.5 Å². The van der Waals surface area contributed by atoms with Gasteiger partial charge in [0.25, 0.3) is 0 Å². The Hall–Kier alpha value is -1.66. The number of aryl methyl sites for hydroxylation is 1. The lowest BCUT2D eigenvalue weighted by atomic mass is 10.2. The lowest BCUT2D eigenvalue weighted by Crippen LogP contribution is -2.47. The van der Waals surface area contributed by atoms with E-state index in [1.807, 2.05) is 31.2 Å². The number of benzene rings is 2. The number of rotatable bonds is 5. The Morgan fingerprint density at radius 1 is 1.27 bits per heavy atom. The van der Waals surface area contributed by atoms with Crippen LogP contribution >= 0.6 is 23.8 Å². The molecule has 0 aromatic heterocycles. The minimum Gasteiger partial charge on any atom is -0.374 e. The lowest BCUT2D eigenvalue weighted by Gasteiger charge is -2.33. The fourth-order valence-electron chi connectivity index (χ4n) is 2.94. The summed E-state index contributed by atoms with van der Waals surface area (Å²) in [4.78, 5) is 2.42. The molecule has 0 bridgehead atoms. The maximum Gasteiger partial charge on any atom is 0.170 e. The van der Waals surface area contributed by atoms with Crippen molar-refractivity contribution < 1.29 is 4.74 Å². The van der Waals surface area contributed by atoms with Crippen LogP contribution in [0.3, 0.4) is 0 Å². The molecule has 26 heavy (non-hydrogen) atoms. The molecule has 0 unspecified atom stereocenters. The van der Waals surface area contributed by atoms with Crippen molar-refractivity contribution in [1.82, 2.24) is 10.2 Å². The Labute approximate surface area is 165 Å². The first-order valence-electron chi connectivity index (χ1n) is 8.79. The predicted molar refractivity (Wildman–Crippen MR) is 112 cm³/mol. The molecule has 0 spiro atoms. The number of hydrogen-bond donors (Lipinski definition) is 2. The SMILES string of the molecule is Cc1ccc(NC(=S)NC[C@H]2CN(Cc3ccccc3)CCO2)cc1Cl. The normalized spacial score (nSPS) is 17.7. The average Bonchev–Trinajstić information content (AvgIpc) is 2.64. The van der Waals surface area contributed by atoms with Crippen molar-refractivity contribution in [2.75, 3.05) is 31.6 Å². The Balaban J connectivity index is 1.44. The Kier molecular flexibility index (Phi) is 6.86. The van der Waals surface area contributed by atoms with Crippen LogP contribution in [0, 0.1) is 6.92 Å². The maximum absolute atomic E-state index is 6.15. The molecule has 2 aromatic rings. The largest absolute Gasteiger partial charge is 0.374 e. The molecule has 1 atom stereocenters. The Morgan fingerprint density at radius 2 is 2.08 bits per heavy atom. The van der Waals surface area contributed by atoms with Gasteiger partial charge in [-0.25, -0.2) is 0 Å². The van der Waals surface area contributed by atoms with Gasteiger partial charge in [0, 0.05) is 36.9 Å². The summed E-state index contributed by atoms with van der Waals surface area (Å²) in [5.74, 6) is 0. The summed E-state index contributed by atoms with van der Waals surface area (Å²) in [7, 11) is 0. The lowest BCUT2D eigenvalue weighted by molar-refractivity contribution is -0.0279. The van der Waals surface area contributed by atoms with E-state index in [1.165, 1.54) is 5.56 Å². The van der Waals surface area contributed by atoms with Crippen LogP contribution in [-0.4, -0.2) is 42.4 Å². The number of morpholine rings is 1. The highest BCUT2D eigenvalue weighted by Gasteiger charge is 2.20. The second kappa shape index (κ2) is 9.33. The van der Waals surface area contributed by atoms with E-state index in [2.05, 4.69) is 39.8 Å². The summed E-state index contributed by atoms with van der Waals surface area (Å²) in [6.45, 7) is 6.19. The van der Waals surface area contributed by atoms with Gasteiger partial charge in [0.15, 0.2) is 5.11 Å². The van der Waals surface area contributed by atoms with Crippen molar-refractivity contribution in [2.24, 2.45) is 0 Å². The van der Waals surface area contributed by atoms with Gasteiger partial charge in [0.1, 0.15) is 0 Å². The van der Waals surface area contributed by atoms with E-state index >= 15 is 0 Å². The summed E-state index contributed by atoms with van der Waals surface area (Å²) in [6, 6.07) is 16.3. The van der Waals surface area contributed by atoms with Gasteiger partial charge in [-0.15, -0.1) is 0 Å². The molecule has 1 fully saturated rings. The molecule has 2 N–H and O–H groups in total. The summed E-state index contributed by atoms with van der Waals surface area (Å²) in [6.07, 6.45) is 0.119. The van der Waals surface area contributed by atoms with Crippen LogP contribution in [-0.2, 0) is 11.3 Å². The van der Waals surface area contributed by atoms with Crippen molar-refractivity contribution >= 4 is 34.6 Å². The zero-order valence-electron chi connectivity index (χ0n) is 14.9. The molecule has 1 aliphatic heterocycles. The molecule has 1 saturated heterocycles. The quantitative estimate of drug-likeness (QED) is 0.760.